The molecule has 142 valence electrons. The lowest BCUT2D eigenvalue weighted by atomic mass is 10.1. The zero-order chi connectivity index (χ0) is 19.2. The molecule has 0 bridgehead atoms. The Morgan fingerprint density at radius 2 is 1.84 bits per heavy atom. The van der Waals surface area contributed by atoms with Gasteiger partial charge in [0, 0.05) is 27.2 Å². The van der Waals surface area contributed by atoms with Crippen LogP contribution in [0.1, 0.15) is 26.3 Å². The standard InChI is InChI=1S/C17H28N2O5S/c1-7-25(21,22)24-16-10-14(8-9-15(16)23-6)12-19(11-13(2)3)17(20)18(4)5/h8-10,13H,7,11-12H2,1-6H3. The molecule has 8 heteroatoms. The monoisotopic (exact) mass is 372 g/mol. The van der Waals surface area contributed by atoms with Crippen LogP contribution in [0.2, 0.25) is 0 Å². The molecule has 2 amide bonds. The number of urea groups is 1. The maximum Gasteiger partial charge on any atom is 0.319 e. The fraction of sp³-hybridized carbons (Fsp3) is 0.588. The number of benzene rings is 1. The van der Waals surface area contributed by atoms with Crippen molar-refractivity contribution in [2.24, 2.45) is 5.92 Å². The molecule has 0 atom stereocenters. The first-order chi connectivity index (χ1) is 11.6. The Kier molecular flexibility index (Phi) is 7.54. The maximum absolute atomic E-state index is 12.4. The molecule has 1 aromatic rings. The van der Waals surface area contributed by atoms with Crippen LogP contribution in [0.5, 0.6) is 11.5 Å². The van der Waals surface area contributed by atoms with Crippen molar-refractivity contribution >= 4 is 16.1 Å². The Hall–Kier alpha value is -1.96. The lowest BCUT2D eigenvalue weighted by Crippen LogP contribution is -2.40. The molecule has 0 N–H and O–H groups in total. The topological polar surface area (TPSA) is 76.2 Å². The summed E-state index contributed by atoms with van der Waals surface area (Å²) in [6, 6.07) is 4.93. The highest BCUT2D eigenvalue weighted by Crippen LogP contribution is 2.30. The zero-order valence-corrected chi connectivity index (χ0v) is 16.6. The SMILES string of the molecule is CCS(=O)(=O)Oc1cc(CN(CC(C)C)C(=O)N(C)C)ccc1OC. The average molecular weight is 372 g/mol. The van der Waals surface area contributed by atoms with Crippen LogP contribution in [0.3, 0.4) is 0 Å². The van der Waals surface area contributed by atoms with Crippen molar-refractivity contribution in [3.05, 3.63) is 23.8 Å². The van der Waals surface area contributed by atoms with Crippen molar-refractivity contribution in [2.75, 3.05) is 33.5 Å². The van der Waals surface area contributed by atoms with Gasteiger partial charge in [0.25, 0.3) is 0 Å². The van der Waals surface area contributed by atoms with Gasteiger partial charge in [-0.1, -0.05) is 19.9 Å². The van der Waals surface area contributed by atoms with E-state index in [2.05, 4.69) is 0 Å². The Labute approximate surface area is 150 Å². The van der Waals surface area contributed by atoms with Crippen LogP contribution in [0.15, 0.2) is 18.2 Å². The van der Waals surface area contributed by atoms with Crippen LogP contribution in [0, 0.1) is 5.92 Å². The number of ether oxygens (including phenoxy) is 1. The Balaban J connectivity index is 3.12. The largest absolute Gasteiger partial charge is 0.493 e. The molecule has 0 aliphatic carbocycles. The molecular formula is C17H28N2O5S. The first-order valence-electron chi connectivity index (χ1n) is 8.15. The van der Waals surface area contributed by atoms with Crippen molar-refractivity contribution in [2.45, 2.75) is 27.3 Å². The molecule has 7 nitrogen and oxygen atoms in total. The molecule has 0 fully saturated rings. The van der Waals surface area contributed by atoms with Gasteiger partial charge in [0.15, 0.2) is 11.5 Å². The molecule has 0 aliphatic heterocycles. The highest BCUT2D eigenvalue weighted by molar-refractivity contribution is 7.87. The second kappa shape index (κ2) is 8.94. The quantitative estimate of drug-likeness (QED) is 0.656. The average Bonchev–Trinajstić information content (AvgIpc) is 2.53. The van der Waals surface area contributed by atoms with E-state index in [0.717, 1.165) is 5.56 Å². The number of nitrogens with zero attached hydrogens (tertiary/aromatic N) is 2. The smallest absolute Gasteiger partial charge is 0.319 e. The predicted octanol–water partition coefficient (Wildman–Crippen LogP) is 2.56. The van der Waals surface area contributed by atoms with E-state index < -0.39 is 10.1 Å². The van der Waals surface area contributed by atoms with Crippen LogP contribution >= 0.6 is 0 Å². The number of carbonyl (C=O) groups excluding carboxylic acids is 1. The molecule has 0 saturated heterocycles. The van der Waals surface area contributed by atoms with Gasteiger partial charge in [-0.25, -0.2) is 4.79 Å². The van der Waals surface area contributed by atoms with Gasteiger partial charge in [-0.3, -0.25) is 0 Å². The molecule has 0 unspecified atom stereocenters. The van der Waals surface area contributed by atoms with Gasteiger partial charge >= 0.3 is 16.1 Å². The van der Waals surface area contributed by atoms with Crippen LogP contribution in [-0.4, -0.2) is 57.8 Å². The van der Waals surface area contributed by atoms with Gasteiger partial charge in [-0.05, 0) is 30.5 Å². The molecule has 1 rings (SSSR count). The Bertz CT molecular complexity index is 686. The normalized spacial score (nSPS) is 11.3. The molecule has 25 heavy (non-hydrogen) atoms. The molecule has 0 heterocycles. The Morgan fingerprint density at radius 1 is 1.20 bits per heavy atom. The van der Waals surface area contributed by atoms with E-state index >= 15 is 0 Å². The summed E-state index contributed by atoms with van der Waals surface area (Å²) in [4.78, 5) is 15.6. The summed E-state index contributed by atoms with van der Waals surface area (Å²) in [7, 11) is 1.18. The number of carbonyl (C=O) groups is 1. The molecule has 0 radical (unpaired) electrons. The van der Waals surface area contributed by atoms with Crippen LogP contribution in [0.4, 0.5) is 4.79 Å². The molecule has 0 spiro atoms. The summed E-state index contributed by atoms with van der Waals surface area (Å²) in [5, 5.41) is 0. The highest BCUT2D eigenvalue weighted by Gasteiger charge is 2.19. The van der Waals surface area contributed by atoms with Crippen LogP contribution in [0.25, 0.3) is 0 Å². The van der Waals surface area contributed by atoms with E-state index in [1.807, 2.05) is 13.8 Å². The summed E-state index contributed by atoms with van der Waals surface area (Å²) >= 11 is 0. The van der Waals surface area contributed by atoms with E-state index in [4.69, 9.17) is 8.92 Å². The molecule has 1 aromatic carbocycles. The maximum atomic E-state index is 12.4. The molecule has 0 aromatic heterocycles. The summed E-state index contributed by atoms with van der Waals surface area (Å²) in [6.07, 6.45) is 0. The summed E-state index contributed by atoms with van der Waals surface area (Å²) < 4.78 is 33.8. The van der Waals surface area contributed by atoms with E-state index in [9.17, 15) is 13.2 Å². The highest BCUT2D eigenvalue weighted by atomic mass is 32.2. The van der Waals surface area contributed by atoms with E-state index in [1.54, 1.807) is 37.2 Å². The van der Waals surface area contributed by atoms with E-state index in [1.165, 1.54) is 18.9 Å². The number of rotatable bonds is 8. The third kappa shape index (κ3) is 6.45. The number of hydrogen-bond donors (Lipinski definition) is 0. The summed E-state index contributed by atoms with van der Waals surface area (Å²) in [5.74, 6) is 0.621. The van der Waals surface area contributed by atoms with Gasteiger partial charge in [-0.15, -0.1) is 0 Å². The van der Waals surface area contributed by atoms with Crippen LogP contribution in [-0.2, 0) is 16.7 Å². The van der Waals surface area contributed by atoms with Crippen molar-refractivity contribution < 1.29 is 22.1 Å². The second-order valence-corrected chi connectivity index (χ2v) is 8.23. The molecule has 0 aliphatic rings. The fourth-order valence-corrected chi connectivity index (χ4v) is 2.76. The van der Waals surface area contributed by atoms with Crippen molar-refractivity contribution in [1.29, 1.82) is 0 Å². The van der Waals surface area contributed by atoms with Gasteiger partial charge in [0.1, 0.15) is 0 Å². The first-order valence-corrected chi connectivity index (χ1v) is 9.72. The summed E-state index contributed by atoms with van der Waals surface area (Å²) in [6.45, 7) is 6.51. The fourth-order valence-electron chi connectivity index (χ4n) is 2.23. The van der Waals surface area contributed by atoms with Crippen molar-refractivity contribution in [1.82, 2.24) is 9.80 Å². The first kappa shape index (κ1) is 21.1. The van der Waals surface area contributed by atoms with Gasteiger partial charge in [0.2, 0.25) is 0 Å². The van der Waals surface area contributed by atoms with E-state index in [0.29, 0.717) is 24.8 Å². The molecule has 0 saturated carbocycles. The van der Waals surface area contributed by atoms with Crippen molar-refractivity contribution in [3.63, 3.8) is 0 Å². The zero-order valence-electron chi connectivity index (χ0n) is 15.8. The van der Waals surface area contributed by atoms with Gasteiger partial charge in [-0.2, -0.15) is 8.42 Å². The Morgan fingerprint density at radius 3 is 2.32 bits per heavy atom. The summed E-state index contributed by atoms with van der Waals surface area (Å²) in [5.41, 5.74) is 0.762. The third-order valence-corrected chi connectivity index (χ3v) is 4.55. The predicted molar refractivity (Wildman–Crippen MR) is 97.4 cm³/mol. The minimum absolute atomic E-state index is 0.104. The second-order valence-electron chi connectivity index (χ2n) is 6.37. The lowest BCUT2D eigenvalue weighted by Gasteiger charge is -2.28. The van der Waals surface area contributed by atoms with Gasteiger partial charge < -0.3 is 18.7 Å². The number of hydrogen-bond acceptors (Lipinski definition) is 5. The lowest BCUT2D eigenvalue weighted by molar-refractivity contribution is 0.161. The molecular weight excluding hydrogens is 344 g/mol. The minimum Gasteiger partial charge on any atom is -0.493 e. The van der Waals surface area contributed by atoms with E-state index in [-0.39, 0.29) is 17.5 Å². The third-order valence-electron chi connectivity index (χ3n) is 3.41. The van der Waals surface area contributed by atoms with Gasteiger partial charge in [0.05, 0.1) is 12.9 Å². The number of amides is 2. The van der Waals surface area contributed by atoms with Crippen molar-refractivity contribution in [3.8, 4) is 11.5 Å². The minimum atomic E-state index is -3.67. The number of methoxy groups -OCH3 is 1. The van der Waals surface area contributed by atoms with Crippen LogP contribution < -0.4 is 8.92 Å².